The van der Waals surface area contributed by atoms with E-state index < -0.39 is 5.97 Å². The Balaban J connectivity index is 1.96. The lowest BCUT2D eigenvalue weighted by Gasteiger charge is -2.03. The topological polar surface area (TPSA) is 121 Å². The molecule has 0 atom stereocenters. The summed E-state index contributed by atoms with van der Waals surface area (Å²) in [5.74, 6) is -1.37. The van der Waals surface area contributed by atoms with E-state index in [2.05, 4.69) is 15.6 Å². The lowest BCUT2D eigenvalue weighted by molar-refractivity contribution is -0.137. The first kappa shape index (κ1) is 14.2. The van der Waals surface area contributed by atoms with Crippen LogP contribution in [0.5, 0.6) is 0 Å². The molecule has 8 heteroatoms. The summed E-state index contributed by atoms with van der Waals surface area (Å²) in [5, 5.41) is 27.4. The number of carboxylic acid groups (broad SMARTS) is 1. The van der Waals surface area contributed by atoms with Gasteiger partial charge in [0.1, 0.15) is 12.2 Å². The third kappa shape index (κ3) is 3.87. The molecule has 1 heterocycles. The number of benzene rings is 1. The van der Waals surface area contributed by atoms with Crippen molar-refractivity contribution in [3.63, 3.8) is 0 Å². The number of nitriles is 1. The summed E-state index contributed by atoms with van der Waals surface area (Å²) in [6.07, 6.45) is 1.44. The molecule has 0 saturated carbocycles. The Labute approximate surface area is 119 Å². The van der Waals surface area contributed by atoms with E-state index in [1.807, 2.05) is 6.07 Å². The minimum absolute atomic E-state index is 0.120. The van der Waals surface area contributed by atoms with Gasteiger partial charge in [0.05, 0.1) is 24.4 Å². The van der Waals surface area contributed by atoms with Gasteiger partial charge in [0.15, 0.2) is 0 Å². The van der Waals surface area contributed by atoms with Gasteiger partial charge >= 0.3 is 5.97 Å². The highest BCUT2D eigenvalue weighted by molar-refractivity contribution is 5.94. The van der Waals surface area contributed by atoms with Gasteiger partial charge in [0, 0.05) is 5.56 Å². The Morgan fingerprint density at radius 2 is 2.24 bits per heavy atom. The lowest BCUT2D eigenvalue weighted by Crippen LogP contribution is -2.23. The number of carbonyl (C=O) groups is 2. The summed E-state index contributed by atoms with van der Waals surface area (Å²) in [4.78, 5) is 22.4. The zero-order valence-electron chi connectivity index (χ0n) is 10.9. The summed E-state index contributed by atoms with van der Waals surface area (Å²) >= 11 is 0. The predicted octanol–water partition coefficient (Wildman–Crippen LogP) is 0.164. The van der Waals surface area contributed by atoms with Crippen LogP contribution >= 0.6 is 0 Å². The van der Waals surface area contributed by atoms with Crippen molar-refractivity contribution in [2.45, 2.75) is 13.1 Å². The number of aliphatic carboxylic acids is 1. The van der Waals surface area contributed by atoms with E-state index in [1.165, 1.54) is 16.9 Å². The van der Waals surface area contributed by atoms with Gasteiger partial charge in [-0.05, 0) is 18.2 Å². The predicted molar refractivity (Wildman–Crippen MR) is 70.0 cm³/mol. The van der Waals surface area contributed by atoms with E-state index in [0.29, 0.717) is 16.8 Å². The molecular formula is C13H11N5O3. The molecule has 0 unspecified atom stereocenters. The lowest BCUT2D eigenvalue weighted by atomic mass is 10.1. The second-order valence-electron chi connectivity index (χ2n) is 4.18. The molecule has 0 aliphatic carbocycles. The van der Waals surface area contributed by atoms with E-state index in [1.54, 1.807) is 18.2 Å². The first-order valence-corrected chi connectivity index (χ1v) is 5.97. The standard InChI is InChI=1S/C13H11N5O3/c14-5-9-2-1-3-10(4-9)13(21)15-6-11-7-18(17-16-11)8-12(19)20/h1-4,7H,6,8H2,(H,15,21)(H,19,20). The van der Waals surface area contributed by atoms with E-state index in [9.17, 15) is 9.59 Å². The molecular weight excluding hydrogens is 274 g/mol. The third-order valence-corrected chi connectivity index (χ3v) is 2.57. The Morgan fingerprint density at radius 1 is 1.43 bits per heavy atom. The fourth-order valence-corrected chi connectivity index (χ4v) is 1.64. The molecule has 2 N–H and O–H groups in total. The van der Waals surface area contributed by atoms with Gasteiger partial charge < -0.3 is 10.4 Å². The number of carboxylic acids is 1. The van der Waals surface area contributed by atoms with Gasteiger partial charge in [0.2, 0.25) is 0 Å². The smallest absolute Gasteiger partial charge is 0.325 e. The number of amides is 1. The zero-order chi connectivity index (χ0) is 15.2. The van der Waals surface area contributed by atoms with Crippen molar-refractivity contribution in [1.29, 1.82) is 5.26 Å². The highest BCUT2D eigenvalue weighted by atomic mass is 16.4. The molecule has 0 saturated heterocycles. The van der Waals surface area contributed by atoms with Crippen LogP contribution in [-0.4, -0.2) is 32.0 Å². The van der Waals surface area contributed by atoms with Crippen LogP contribution in [0.15, 0.2) is 30.5 Å². The van der Waals surface area contributed by atoms with Crippen molar-refractivity contribution in [3.8, 4) is 6.07 Å². The zero-order valence-corrected chi connectivity index (χ0v) is 10.9. The van der Waals surface area contributed by atoms with Crippen LogP contribution in [0.2, 0.25) is 0 Å². The Hall–Kier alpha value is -3.21. The van der Waals surface area contributed by atoms with Crippen molar-refractivity contribution in [3.05, 3.63) is 47.3 Å². The van der Waals surface area contributed by atoms with Crippen molar-refractivity contribution < 1.29 is 14.7 Å². The minimum Gasteiger partial charge on any atom is -0.480 e. The summed E-state index contributed by atoms with van der Waals surface area (Å²) in [6, 6.07) is 8.26. The number of hydrogen-bond donors (Lipinski definition) is 2. The average Bonchev–Trinajstić information content (AvgIpc) is 2.91. The number of nitrogens with one attached hydrogen (secondary N) is 1. The fourth-order valence-electron chi connectivity index (χ4n) is 1.64. The van der Waals surface area contributed by atoms with Gasteiger partial charge in [-0.25, -0.2) is 4.68 Å². The summed E-state index contributed by atoms with van der Waals surface area (Å²) in [5.41, 5.74) is 1.21. The second kappa shape index (κ2) is 6.29. The number of aromatic nitrogens is 3. The quantitative estimate of drug-likeness (QED) is 0.807. The molecule has 0 fully saturated rings. The number of hydrogen-bond acceptors (Lipinski definition) is 5. The largest absolute Gasteiger partial charge is 0.480 e. The van der Waals surface area contributed by atoms with Crippen LogP contribution < -0.4 is 5.32 Å². The van der Waals surface area contributed by atoms with Crippen LogP contribution in [0.4, 0.5) is 0 Å². The molecule has 1 amide bonds. The van der Waals surface area contributed by atoms with Gasteiger partial charge in [-0.1, -0.05) is 11.3 Å². The van der Waals surface area contributed by atoms with Crippen LogP contribution in [-0.2, 0) is 17.9 Å². The van der Waals surface area contributed by atoms with Crippen LogP contribution in [0.3, 0.4) is 0 Å². The summed E-state index contributed by atoms with van der Waals surface area (Å²) in [6.45, 7) is -0.166. The van der Waals surface area contributed by atoms with Crippen LogP contribution in [0.1, 0.15) is 21.6 Å². The normalized spacial score (nSPS) is 9.86. The maximum absolute atomic E-state index is 11.9. The number of rotatable bonds is 5. The molecule has 2 aromatic rings. The van der Waals surface area contributed by atoms with E-state index in [-0.39, 0.29) is 19.0 Å². The van der Waals surface area contributed by atoms with E-state index in [4.69, 9.17) is 10.4 Å². The highest BCUT2D eigenvalue weighted by Crippen LogP contribution is 2.04. The number of nitrogens with zero attached hydrogens (tertiary/aromatic N) is 4. The first-order chi connectivity index (χ1) is 10.1. The third-order valence-electron chi connectivity index (χ3n) is 2.57. The average molecular weight is 285 g/mol. The van der Waals surface area contributed by atoms with Crippen molar-refractivity contribution in [1.82, 2.24) is 20.3 Å². The Morgan fingerprint density at radius 3 is 2.95 bits per heavy atom. The van der Waals surface area contributed by atoms with Crippen molar-refractivity contribution in [2.75, 3.05) is 0 Å². The highest BCUT2D eigenvalue weighted by Gasteiger charge is 2.08. The van der Waals surface area contributed by atoms with Gasteiger partial charge in [-0.15, -0.1) is 5.10 Å². The Kier molecular flexibility index (Phi) is 4.26. The van der Waals surface area contributed by atoms with E-state index >= 15 is 0 Å². The molecule has 0 radical (unpaired) electrons. The molecule has 0 aliphatic rings. The fraction of sp³-hybridized carbons (Fsp3) is 0.154. The SMILES string of the molecule is N#Cc1cccc(C(=O)NCc2cn(CC(=O)O)nn2)c1. The molecule has 0 aliphatic heterocycles. The summed E-state index contributed by atoms with van der Waals surface area (Å²) < 4.78 is 1.17. The maximum atomic E-state index is 11.9. The Bertz CT molecular complexity index is 717. The van der Waals surface area contributed by atoms with Gasteiger partial charge in [-0.2, -0.15) is 5.26 Å². The molecule has 0 bridgehead atoms. The second-order valence-corrected chi connectivity index (χ2v) is 4.18. The molecule has 8 nitrogen and oxygen atoms in total. The van der Waals surface area contributed by atoms with Crippen LogP contribution in [0, 0.1) is 11.3 Å². The molecule has 106 valence electrons. The minimum atomic E-state index is -1.02. The molecule has 1 aromatic heterocycles. The first-order valence-electron chi connectivity index (χ1n) is 5.97. The maximum Gasteiger partial charge on any atom is 0.325 e. The van der Waals surface area contributed by atoms with Crippen molar-refractivity contribution >= 4 is 11.9 Å². The van der Waals surface area contributed by atoms with Gasteiger partial charge in [0.25, 0.3) is 5.91 Å². The molecule has 21 heavy (non-hydrogen) atoms. The molecule has 0 spiro atoms. The van der Waals surface area contributed by atoms with E-state index in [0.717, 1.165) is 0 Å². The van der Waals surface area contributed by atoms with Gasteiger partial charge in [-0.3, -0.25) is 9.59 Å². The molecule has 1 aromatic carbocycles. The number of carbonyl (C=O) groups excluding carboxylic acids is 1. The monoisotopic (exact) mass is 285 g/mol. The van der Waals surface area contributed by atoms with Crippen LogP contribution in [0.25, 0.3) is 0 Å². The summed E-state index contributed by atoms with van der Waals surface area (Å²) in [7, 11) is 0. The van der Waals surface area contributed by atoms with Crippen molar-refractivity contribution in [2.24, 2.45) is 0 Å². The molecule has 2 rings (SSSR count).